The van der Waals surface area contributed by atoms with Crippen LogP contribution in [-0.4, -0.2) is 30.7 Å². The van der Waals surface area contributed by atoms with Crippen molar-refractivity contribution in [1.82, 2.24) is 4.90 Å². The molecule has 0 amide bonds. The molecule has 17 heavy (non-hydrogen) atoms. The zero-order chi connectivity index (χ0) is 13.1. The van der Waals surface area contributed by atoms with Gasteiger partial charge in [0.05, 0.1) is 0 Å². The fourth-order valence-corrected chi connectivity index (χ4v) is 1.98. The predicted octanol–water partition coefficient (Wildman–Crippen LogP) is 2.77. The number of hydrogen-bond acceptors (Lipinski definition) is 2. The summed E-state index contributed by atoms with van der Waals surface area (Å²) in [5.41, 5.74) is 5.98. The minimum absolute atomic E-state index is 0.197. The molecule has 0 aliphatic rings. The first kappa shape index (κ1) is 14.5. The van der Waals surface area contributed by atoms with Gasteiger partial charge in [-0.2, -0.15) is 13.2 Å². The van der Waals surface area contributed by atoms with Gasteiger partial charge in [0.2, 0.25) is 0 Å². The summed E-state index contributed by atoms with van der Waals surface area (Å²) in [5, 5.41) is 0. The second kappa shape index (κ2) is 5.84. The van der Waals surface area contributed by atoms with Crippen LogP contribution in [0.5, 0.6) is 0 Å². The van der Waals surface area contributed by atoms with E-state index in [1.165, 1.54) is 11.9 Å². The van der Waals surface area contributed by atoms with Gasteiger partial charge in [-0.25, -0.2) is 0 Å². The Kier molecular flexibility index (Phi) is 4.97. The summed E-state index contributed by atoms with van der Waals surface area (Å²) < 4.78 is 38.7. The summed E-state index contributed by atoms with van der Waals surface area (Å²) in [6.07, 6.45) is -4.30. The van der Waals surface area contributed by atoms with E-state index in [4.69, 9.17) is 5.73 Å². The van der Waals surface area contributed by atoms with E-state index >= 15 is 0 Å². The highest BCUT2D eigenvalue weighted by molar-refractivity contribution is 9.10. The van der Waals surface area contributed by atoms with Gasteiger partial charge >= 0.3 is 6.18 Å². The predicted molar refractivity (Wildman–Crippen MR) is 64.5 cm³/mol. The number of hydrogen-bond donors (Lipinski definition) is 1. The van der Waals surface area contributed by atoms with Crippen LogP contribution in [0.2, 0.25) is 0 Å². The highest BCUT2D eigenvalue weighted by Gasteiger charge is 2.41. The molecule has 0 aliphatic carbocycles. The van der Waals surface area contributed by atoms with E-state index in [2.05, 4.69) is 15.9 Å². The van der Waals surface area contributed by atoms with Crippen LogP contribution in [0.4, 0.5) is 13.2 Å². The maximum absolute atomic E-state index is 12.6. The van der Waals surface area contributed by atoms with Gasteiger partial charge in [0.15, 0.2) is 0 Å². The molecule has 6 heteroatoms. The van der Waals surface area contributed by atoms with E-state index in [0.717, 1.165) is 10.0 Å². The molecule has 0 aliphatic heterocycles. The number of nitrogens with two attached hydrogens (primary N) is 1. The van der Waals surface area contributed by atoms with Crippen molar-refractivity contribution in [2.24, 2.45) is 5.73 Å². The van der Waals surface area contributed by atoms with Crippen LogP contribution in [-0.2, 0) is 6.54 Å². The quantitative estimate of drug-likeness (QED) is 0.926. The molecular formula is C11H14BrF3N2. The van der Waals surface area contributed by atoms with Crippen molar-refractivity contribution in [3.05, 3.63) is 34.3 Å². The normalized spacial score (nSPS) is 14.1. The molecule has 0 spiro atoms. The highest BCUT2D eigenvalue weighted by Crippen LogP contribution is 2.25. The van der Waals surface area contributed by atoms with Gasteiger partial charge in [-0.05, 0) is 18.7 Å². The summed E-state index contributed by atoms with van der Waals surface area (Å²) in [7, 11) is 1.42. The standard InChI is InChI=1S/C11H14BrF3N2/c1-17(10(6-16)11(13,14)15)7-8-4-2-3-5-9(8)12/h2-5,10H,6-7,16H2,1H3. The largest absolute Gasteiger partial charge is 0.405 e. The molecule has 0 bridgehead atoms. The summed E-state index contributed by atoms with van der Waals surface area (Å²) in [6, 6.07) is 5.57. The molecule has 1 atom stereocenters. The van der Waals surface area contributed by atoms with E-state index in [0.29, 0.717) is 0 Å². The lowest BCUT2D eigenvalue weighted by Gasteiger charge is -2.29. The molecule has 0 fully saturated rings. The lowest BCUT2D eigenvalue weighted by atomic mass is 10.2. The number of benzene rings is 1. The fraction of sp³-hybridized carbons (Fsp3) is 0.455. The molecule has 1 aromatic rings. The van der Waals surface area contributed by atoms with Crippen molar-refractivity contribution in [3.63, 3.8) is 0 Å². The first-order valence-corrected chi connectivity index (χ1v) is 5.86. The van der Waals surface area contributed by atoms with Crippen LogP contribution >= 0.6 is 15.9 Å². The van der Waals surface area contributed by atoms with E-state index in [1.807, 2.05) is 6.07 Å². The number of alkyl halides is 3. The van der Waals surface area contributed by atoms with Gasteiger partial charge in [0.25, 0.3) is 0 Å². The maximum Gasteiger partial charge on any atom is 0.405 e. The Hall–Kier alpha value is -0.590. The molecule has 1 rings (SSSR count). The summed E-state index contributed by atoms with van der Waals surface area (Å²) in [5.74, 6) is 0. The Morgan fingerprint density at radius 1 is 1.35 bits per heavy atom. The average Bonchev–Trinajstić information content (AvgIpc) is 2.20. The van der Waals surface area contributed by atoms with E-state index in [1.54, 1.807) is 18.2 Å². The van der Waals surface area contributed by atoms with Crippen molar-refractivity contribution in [3.8, 4) is 0 Å². The van der Waals surface area contributed by atoms with Crippen molar-refractivity contribution in [2.45, 2.75) is 18.8 Å². The first-order chi connectivity index (χ1) is 7.86. The Bertz CT molecular complexity index is 368. The van der Waals surface area contributed by atoms with Gasteiger partial charge in [-0.15, -0.1) is 0 Å². The fourth-order valence-electron chi connectivity index (χ4n) is 1.57. The van der Waals surface area contributed by atoms with E-state index in [9.17, 15) is 13.2 Å². The molecule has 2 N–H and O–H groups in total. The minimum atomic E-state index is -4.30. The third kappa shape index (κ3) is 3.97. The lowest BCUT2D eigenvalue weighted by Crippen LogP contribution is -2.48. The Balaban J connectivity index is 2.78. The van der Waals surface area contributed by atoms with E-state index in [-0.39, 0.29) is 6.54 Å². The molecule has 0 saturated carbocycles. The summed E-state index contributed by atoms with van der Waals surface area (Å²) in [6.45, 7) is -0.243. The smallest absolute Gasteiger partial charge is 0.329 e. The number of rotatable bonds is 4. The topological polar surface area (TPSA) is 29.3 Å². The van der Waals surface area contributed by atoms with E-state index < -0.39 is 18.8 Å². The molecule has 0 saturated heterocycles. The molecular weight excluding hydrogens is 297 g/mol. The Labute approximate surface area is 107 Å². The Morgan fingerprint density at radius 3 is 2.41 bits per heavy atom. The monoisotopic (exact) mass is 310 g/mol. The Morgan fingerprint density at radius 2 is 1.94 bits per heavy atom. The highest BCUT2D eigenvalue weighted by atomic mass is 79.9. The zero-order valence-electron chi connectivity index (χ0n) is 9.34. The van der Waals surface area contributed by atoms with Crippen molar-refractivity contribution < 1.29 is 13.2 Å². The van der Waals surface area contributed by atoms with Crippen LogP contribution in [0.25, 0.3) is 0 Å². The molecule has 0 radical (unpaired) electrons. The van der Waals surface area contributed by atoms with Crippen molar-refractivity contribution in [1.29, 1.82) is 0 Å². The minimum Gasteiger partial charge on any atom is -0.329 e. The molecule has 1 unspecified atom stereocenters. The van der Waals surface area contributed by atoms with Crippen LogP contribution in [0, 0.1) is 0 Å². The number of halogens is 4. The summed E-state index contributed by atoms with van der Waals surface area (Å²) >= 11 is 3.31. The van der Waals surface area contributed by atoms with Crippen LogP contribution in [0.3, 0.4) is 0 Å². The number of nitrogens with zero attached hydrogens (tertiary/aromatic N) is 1. The second-order valence-corrected chi connectivity index (χ2v) is 4.65. The second-order valence-electron chi connectivity index (χ2n) is 3.80. The van der Waals surface area contributed by atoms with Gasteiger partial charge in [0, 0.05) is 17.6 Å². The van der Waals surface area contributed by atoms with Crippen molar-refractivity contribution in [2.75, 3.05) is 13.6 Å². The first-order valence-electron chi connectivity index (χ1n) is 5.06. The van der Waals surface area contributed by atoms with Crippen LogP contribution < -0.4 is 5.73 Å². The number of likely N-dealkylation sites (N-methyl/N-ethyl adjacent to an activating group) is 1. The lowest BCUT2D eigenvalue weighted by molar-refractivity contribution is -0.178. The SMILES string of the molecule is CN(Cc1ccccc1Br)C(CN)C(F)(F)F. The average molecular weight is 311 g/mol. The van der Waals surface area contributed by atoms with Gasteiger partial charge in [-0.3, -0.25) is 4.90 Å². The van der Waals surface area contributed by atoms with Gasteiger partial charge in [-0.1, -0.05) is 34.1 Å². The molecule has 96 valence electrons. The van der Waals surface area contributed by atoms with Crippen LogP contribution in [0.15, 0.2) is 28.7 Å². The third-order valence-corrected chi connectivity index (χ3v) is 3.28. The third-order valence-electron chi connectivity index (χ3n) is 2.51. The molecule has 0 aromatic heterocycles. The van der Waals surface area contributed by atoms with Gasteiger partial charge in [0.1, 0.15) is 6.04 Å². The zero-order valence-corrected chi connectivity index (χ0v) is 10.9. The van der Waals surface area contributed by atoms with Gasteiger partial charge < -0.3 is 5.73 Å². The maximum atomic E-state index is 12.6. The van der Waals surface area contributed by atoms with Crippen LogP contribution in [0.1, 0.15) is 5.56 Å². The molecule has 1 aromatic carbocycles. The molecule has 0 heterocycles. The summed E-state index contributed by atoms with van der Waals surface area (Å²) in [4.78, 5) is 1.21. The van der Waals surface area contributed by atoms with Crippen molar-refractivity contribution >= 4 is 15.9 Å². The molecule has 2 nitrogen and oxygen atoms in total.